The lowest BCUT2D eigenvalue weighted by Crippen LogP contribution is -2.45. The van der Waals surface area contributed by atoms with Crippen molar-refractivity contribution in [3.05, 3.63) is 0 Å². The molecule has 0 saturated carbocycles. The van der Waals surface area contributed by atoms with E-state index in [4.69, 9.17) is 27.4 Å². The summed E-state index contributed by atoms with van der Waals surface area (Å²) in [5.74, 6) is -3.64. The number of carbonyl (C=O) groups is 4. The van der Waals surface area contributed by atoms with Crippen molar-refractivity contribution in [1.82, 2.24) is 21.3 Å². The van der Waals surface area contributed by atoms with Gasteiger partial charge in [0.25, 0.3) is 0 Å². The van der Waals surface area contributed by atoms with Crippen molar-refractivity contribution < 1.29 is 55.7 Å². The molecular weight excluding hydrogens is 562 g/mol. The number of phosphoric ester groups is 1. The monoisotopic (exact) mass is 604 g/mol. The van der Waals surface area contributed by atoms with Gasteiger partial charge in [0, 0.05) is 0 Å². The first-order valence-corrected chi connectivity index (χ1v) is 15.4. The van der Waals surface area contributed by atoms with Crippen LogP contribution in [-0.2, 0) is 50.9 Å². The summed E-state index contributed by atoms with van der Waals surface area (Å²) < 4.78 is 57.2. The number of hydrogen-bond donors (Lipinski definition) is 4. The van der Waals surface area contributed by atoms with Gasteiger partial charge in [0.2, 0.25) is 17.7 Å². The van der Waals surface area contributed by atoms with Crippen molar-refractivity contribution in [1.29, 1.82) is 0 Å². The molecule has 0 rings (SSSR count). The van der Waals surface area contributed by atoms with Gasteiger partial charge >= 0.3 is 21.5 Å². The summed E-state index contributed by atoms with van der Waals surface area (Å²) in [6.07, 6.45) is -0.793. The van der Waals surface area contributed by atoms with Crippen LogP contribution in [0.2, 0.25) is 0 Å². The van der Waals surface area contributed by atoms with E-state index in [0.29, 0.717) is 0 Å². The summed E-state index contributed by atoms with van der Waals surface area (Å²) in [4.78, 5) is 47.6. The Morgan fingerprint density at radius 2 is 1.08 bits per heavy atom. The first-order valence-electron chi connectivity index (χ1n) is 12.4. The molecule has 0 aromatic carbocycles. The van der Waals surface area contributed by atoms with Crippen LogP contribution in [0.4, 0.5) is 4.79 Å². The van der Waals surface area contributed by atoms with E-state index < -0.39 is 76.9 Å². The zero-order valence-corrected chi connectivity index (χ0v) is 25.3. The Labute approximate surface area is 229 Å². The van der Waals surface area contributed by atoms with Crippen LogP contribution in [0.5, 0.6) is 0 Å². The molecule has 0 saturated heterocycles. The van der Waals surface area contributed by atoms with E-state index in [-0.39, 0.29) is 26.4 Å². The Morgan fingerprint density at radius 3 is 1.49 bits per heavy atom. The minimum absolute atomic E-state index is 0.0340. The van der Waals surface area contributed by atoms with Gasteiger partial charge in [0.15, 0.2) is 5.85 Å². The quantitative estimate of drug-likeness (QED) is 0.155. The van der Waals surface area contributed by atoms with E-state index in [1.807, 2.05) is 0 Å². The van der Waals surface area contributed by atoms with E-state index in [2.05, 4.69) is 21.3 Å². The van der Waals surface area contributed by atoms with Crippen LogP contribution < -0.4 is 21.3 Å². The van der Waals surface area contributed by atoms with E-state index >= 15 is 0 Å². The second kappa shape index (κ2) is 18.3. The summed E-state index contributed by atoms with van der Waals surface area (Å²) in [6.45, 7) is 9.20. The van der Waals surface area contributed by atoms with Gasteiger partial charge in [-0.3, -0.25) is 32.5 Å². The number of amides is 4. The van der Waals surface area contributed by atoms with Gasteiger partial charge in [-0.2, -0.15) is 0 Å². The number of nitrogens with one attached hydrogen (secondary N) is 4. The number of rotatable bonds is 19. The molecule has 4 amide bonds. The Kier molecular flexibility index (Phi) is 17.4. The molecule has 0 heterocycles. The standard InChI is InChI=1S/C21H42N4O12P2/c1-8-32-38(30,33-9-2)19(37-39(31,34-10-3)35-11-4)15-24-17(27)13-22-16(26)12-23-18(28)14-25-20(29)36-21(5,6)7/h19H,8-15H2,1-7H3,(H,22,26)(H,23,28)(H,24,27)(H,25,29). The smallest absolute Gasteiger partial charge is 0.444 e. The number of alkyl carbamates (subject to hydrolysis) is 1. The highest BCUT2D eigenvalue weighted by Gasteiger charge is 2.43. The lowest BCUT2D eigenvalue weighted by Gasteiger charge is -2.28. The number of hydrogen-bond acceptors (Lipinski definition) is 12. The number of phosphoric acid groups is 1. The number of carbonyl (C=O) groups excluding carboxylic acids is 4. The molecular formula is C21H42N4O12P2. The maximum absolute atomic E-state index is 13.3. The molecule has 0 aromatic heterocycles. The molecule has 18 heteroatoms. The molecule has 0 radical (unpaired) electrons. The fourth-order valence-electron chi connectivity index (χ4n) is 2.55. The molecule has 0 fully saturated rings. The zero-order valence-electron chi connectivity index (χ0n) is 23.5. The molecule has 0 aliphatic carbocycles. The molecule has 0 bridgehead atoms. The van der Waals surface area contributed by atoms with Gasteiger partial charge in [-0.15, -0.1) is 0 Å². The summed E-state index contributed by atoms with van der Waals surface area (Å²) in [5, 5.41) is 9.18. The molecule has 0 aromatic rings. The van der Waals surface area contributed by atoms with Crippen LogP contribution in [-0.4, -0.2) is 87.9 Å². The van der Waals surface area contributed by atoms with Gasteiger partial charge in [-0.05, 0) is 48.5 Å². The summed E-state index contributed by atoms with van der Waals surface area (Å²) >= 11 is 0. The van der Waals surface area contributed by atoms with Crippen LogP contribution in [0, 0.1) is 0 Å². The van der Waals surface area contributed by atoms with Crippen LogP contribution >= 0.6 is 15.4 Å². The summed E-state index contributed by atoms with van der Waals surface area (Å²) in [6, 6.07) is 0. The molecule has 0 spiro atoms. The predicted molar refractivity (Wildman–Crippen MR) is 140 cm³/mol. The predicted octanol–water partition coefficient (Wildman–Crippen LogP) is 1.65. The third-order valence-electron chi connectivity index (χ3n) is 3.95. The average Bonchev–Trinajstić information content (AvgIpc) is 2.82. The first-order chi connectivity index (χ1) is 18.1. The third kappa shape index (κ3) is 16.6. The molecule has 1 atom stereocenters. The topological polar surface area (TPSA) is 206 Å². The Bertz CT molecular complexity index is 877. The Balaban J connectivity index is 4.92. The average molecular weight is 605 g/mol. The highest BCUT2D eigenvalue weighted by Crippen LogP contribution is 2.60. The van der Waals surface area contributed by atoms with Crippen molar-refractivity contribution in [3.63, 3.8) is 0 Å². The third-order valence-corrected chi connectivity index (χ3v) is 8.01. The van der Waals surface area contributed by atoms with Crippen molar-refractivity contribution in [2.45, 2.75) is 59.9 Å². The Morgan fingerprint density at radius 1 is 0.667 bits per heavy atom. The van der Waals surface area contributed by atoms with E-state index in [1.165, 1.54) is 0 Å². The fraction of sp³-hybridized carbons (Fsp3) is 0.810. The minimum atomic E-state index is -4.18. The largest absolute Gasteiger partial charge is 0.475 e. The maximum Gasteiger partial charge on any atom is 0.475 e. The van der Waals surface area contributed by atoms with Crippen LogP contribution in [0.3, 0.4) is 0 Å². The van der Waals surface area contributed by atoms with Crippen LogP contribution in [0.25, 0.3) is 0 Å². The zero-order chi connectivity index (χ0) is 30.1. The van der Waals surface area contributed by atoms with Gasteiger partial charge in [0.05, 0.1) is 46.1 Å². The van der Waals surface area contributed by atoms with Crippen molar-refractivity contribution >= 4 is 39.2 Å². The van der Waals surface area contributed by atoms with Gasteiger partial charge in [-0.25, -0.2) is 9.36 Å². The van der Waals surface area contributed by atoms with Crippen molar-refractivity contribution in [3.8, 4) is 0 Å². The molecule has 0 aliphatic heterocycles. The SMILES string of the molecule is CCOP(=O)(OCC)OC(CNC(=O)CNC(=O)CNC(=O)CNC(=O)OC(C)(C)C)P(=O)(OCC)OCC. The molecule has 228 valence electrons. The fourth-order valence-corrected chi connectivity index (χ4v) is 6.00. The molecule has 16 nitrogen and oxygen atoms in total. The number of ether oxygens (including phenoxy) is 1. The second-order valence-corrected chi connectivity index (χ2v) is 12.2. The van der Waals surface area contributed by atoms with Gasteiger partial charge in [-0.1, -0.05) is 0 Å². The van der Waals surface area contributed by atoms with Gasteiger partial charge < -0.3 is 35.1 Å². The van der Waals surface area contributed by atoms with E-state index in [9.17, 15) is 28.3 Å². The van der Waals surface area contributed by atoms with E-state index in [0.717, 1.165) is 0 Å². The highest BCUT2D eigenvalue weighted by atomic mass is 31.2. The first kappa shape index (κ1) is 36.9. The molecule has 0 aliphatic rings. The van der Waals surface area contributed by atoms with E-state index in [1.54, 1.807) is 48.5 Å². The normalized spacial score (nSPS) is 12.8. The summed E-state index contributed by atoms with van der Waals surface area (Å²) in [5.41, 5.74) is -0.734. The molecule has 39 heavy (non-hydrogen) atoms. The summed E-state index contributed by atoms with van der Waals surface area (Å²) in [7, 11) is -8.24. The maximum atomic E-state index is 13.3. The molecule has 4 N–H and O–H groups in total. The lowest BCUT2D eigenvalue weighted by molar-refractivity contribution is -0.127. The van der Waals surface area contributed by atoms with Crippen LogP contribution in [0.1, 0.15) is 48.5 Å². The molecule has 1 unspecified atom stereocenters. The minimum Gasteiger partial charge on any atom is -0.444 e. The van der Waals surface area contributed by atoms with Crippen molar-refractivity contribution in [2.75, 3.05) is 52.6 Å². The van der Waals surface area contributed by atoms with Crippen molar-refractivity contribution in [2.24, 2.45) is 0 Å². The second-order valence-electron chi connectivity index (χ2n) is 8.43. The van der Waals surface area contributed by atoms with Crippen LogP contribution in [0.15, 0.2) is 0 Å². The van der Waals surface area contributed by atoms with Gasteiger partial charge in [0.1, 0.15) is 12.1 Å². The Hall–Kier alpha value is -2.06. The lowest BCUT2D eigenvalue weighted by atomic mass is 10.2. The highest BCUT2D eigenvalue weighted by molar-refractivity contribution is 7.56.